The van der Waals surface area contributed by atoms with Gasteiger partial charge in [-0.05, 0) is 30.9 Å². The van der Waals surface area contributed by atoms with Gasteiger partial charge in [-0.3, -0.25) is 0 Å². The third-order valence-corrected chi connectivity index (χ3v) is 2.97. The minimum atomic E-state index is -0.699. The molecule has 0 aromatic heterocycles. The van der Waals surface area contributed by atoms with E-state index in [9.17, 15) is 5.11 Å². The summed E-state index contributed by atoms with van der Waals surface area (Å²) in [5.74, 6) is 0.639. The Kier molecular flexibility index (Phi) is 4.18. The van der Waals surface area contributed by atoms with Crippen molar-refractivity contribution in [2.75, 3.05) is 6.61 Å². The highest BCUT2D eigenvalue weighted by atomic mass is 16.5. The van der Waals surface area contributed by atoms with Crippen molar-refractivity contribution < 1.29 is 9.84 Å². The highest BCUT2D eigenvalue weighted by Crippen LogP contribution is 2.17. The Morgan fingerprint density at radius 2 is 2.06 bits per heavy atom. The molecule has 0 bridgehead atoms. The molecule has 92 valence electrons. The SMILES string of the molecule is NC(Cc1ccccc1)C(O)C1=CCCCO1. The molecule has 0 radical (unpaired) electrons. The topological polar surface area (TPSA) is 55.5 Å². The van der Waals surface area contributed by atoms with Crippen molar-refractivity contribution in [2.45, 2.75) is 31.4 Å². The van der Waals surface area contributed by atoms with Crippen LogP contribution in [-0.4, -0.2) is 23.9 Å². The van der Waals surface area contributed by atoms with Gasteiger partial charge in [-0.2, -0.15) is 0 Å². The first-order chi connectivity index (χ1) is 8.27. The average Bonchev–Trinajstić information content (AvgIpc) is 2.40. The Balaban J connectivity index is 1.95. The Bertz CT molecular complexity index is 375. The molecule has 17 heavy (non-hydrogen) atoms. The summed E-state index contributed by atoms with van der Waals surface area (Å²) >= 11 is 0. The van der Waals surface area contributed by atoms with Crippen LogP contribution in [0.4, 0.5) is 0 Å². The summed E-state index contributed by atoms with van der Waals surface area (Å²) in [4.78, 5) is 0. The predicted octanol–water partition coefficient (Wildman–Crippen LogP) is 1.61. The molecule has 2 unspecified atom stereocenters. The highest BCUT2D eigenvalue weighted by molar-refractivity contribution is 5.17. The lowest BCUT2D eigenvalue weighted by atomic mass is 10.00. The van der Waals surface area contributed by atoms with E-state index in [-0.39, 0.29) is 6.04 Å². The Labute approximate surface area is 102 Å². The molecule has 0 saturated heterocycles. The first-order valence-corrected chi connectivity index (χ1v) is 6.08. The third kappa shape index (κ3) is 3.32. The van der Waals surface area contributed by atoms with Crippen LogP contribution in [0.15, 0.2) is 42.2 Å². The second-order valence-electron chi connectivity index (χ2n) is 4.40. The van der Waals surface area contributed by atoms with E-state index in [1.165, 1.54) is 0 Å². The normalized spacial score (nSPS) is 19.1. The van der Waals surface area contributed by atoms with E-state index in [1.54, 1.807) is 0 Å². The van der Waals surface area contributed by atoms with Crippen LogP contribution in [0.3, 0.4) is 0 Å². The van der Waals surface area contributed by atoms with Crippen molar-refractivity contribution in [3.8, 4) is 0 Å². The summed E-state index contributed by atoms with van der Waals surface area (Å²) in [5.41, 5.74) is 7.14. The van der Waals surface area contributed by atoms with Gasteiger partial charge < -0.3 is 15.6 Å². The third-order valence-electron chi connectivity index (χ3n) is 2.97. The van der Waals surface area contributed by atoms with Gasteiger partial charge in [-0.15, -0.1) is 0 Å². The highest BCUT2D eigenvalue weighted by Gasteiger charge is 2.22. The van der Waals surface area contributed by atoms with Crippen molar-refractivity contribution in [3.05, 3.63) is 47.7 Å². The molecule has 3 heteroatoms. The second-order valence-corrected chi connectivity index (χ2v) is 4.40. The van der Waals surface area contributed by atoms with E-state index in [1.807, 2.05) is 36.4 Å². The Morgan fingerprint density at radius 1 is 1.29 bits per heavy atom. The number of rotatable bonds is 4. The van der Waals surface area contributed by atoms with Crippen LogP contribution in [0.2, 0.25) is 0 Å². The molecule has 2 atom stereocenters. The van der Waals surface area contributed by atoms with Crippen LogP contribution in [0.25, 0.3) is 0 Å². The first kappa shape index (κ1) is 12.1. The quantitative estimate of drug-likeness (QED) is 0.830. The molecular weight excluding hydrogens is 214 g/mol. The van der Waals surface area contributed by atoms with Crippen LogP contribution in [0, 0.1) is 0 Å². The molecule has 0 saturated carbocycles. The summed E-state index contributed by atoms with van der Waals surface area (Å²) in [6, 6.07) is 9.64. The molecule has 3 nitrogen and oxygen atoms in total. The van der Waals surface area contributed by atoms with Crippen molar-refractivity contribution in [1.29, 1.82) is 0 Å². The van der Waals surface area contributed by atoms with Crippen LogP contribution in [0.5, 0.6) is 0 Å². The minimum Gasteiger partial charge on any atom is -0.495 e. The summed E-state index contributed by atoms with van der Waals surface area (Å²) < 4.78 is 5.43. The zero-order valence-electron chi connectivity index (χ0n) is 9.88. The molecule has 1 aromatic rings. The molecule has 0 fully saturated rings. The molecule has 1 heterocycles. The van der Waals surface area contributed by atoms with Gasteiger partial charge in [0, 0.05) is 6.04 Å². The number of hydrogen-bond donors (Lipinski definition) is 2. The predicted molar refractivity (Wildman–Crippen MR) is 67.4 cm³/mol. The van der Waals surface area contributed by atoms with Gasteiger partial charge in [0.15, 0.2) is 0 Å². The summed E-state index contributed by atoms with van der Waals surface area (Å²) in [7, 11) is 0. The van der Waals surface area contributed by atoms with Crippen molar-refractivity contribution in [1.82, 2.24) is 0 Å². The van der Waals surface area contributed by atoms with Crippen LogP contribution >= 0.6 is 0 Å². The lowest BCUT2D eigenvalue weighted by Crippen LogP contribution is -2.39. The van der Waals surface area contributed by atoms with E-state index >= 15 is 0 Å². The average molecular weight is 233 g/mol. The zero-order chi connectivity index (χ0) is 12.1. The van der Waals surface area contributed by atoms with Gasteiger partial charge in [0.05, 0.1) is 6.61 Å². The monoisotopic (exact) mass is 233 g/mol. The minimum absolute atomic E-state index is 0.318. The smallest absolute Gasteiger partial charge is 0.126 e. The van der Waals surface area contributed by atoms with Crippen molar-refractivity contribution in [2.24, 2.45) is 5.73 Å². The van der Waals surface area contributed by atoms with Gasteiger partial charge in [0.1, 0.15) is 11.9 Å². The lowest BCUT2D eigenvalue weighted by molar-refractivity contribution is 0.0763. The Morgan fingerprint density at radius 3 is 2.71 bits per heavy atom. The largest absolute Gasteiger partial charge is 0.495 e. The van der Waals surface area contributed by atoms with E-state index < -0.39 is 6.10 Å². The number of ether oxygens (including phenoxy) is 1. The fourth-order valence-electron chi connectivity index (χ4n) is 1.99. The maximum Gasteiger partial charge on any atom is 0.126 e. The second kappa shape index (κ2) is 5.84. The fraction of sp³-hybridized carbons (Fsp3) is 0.429. The fourth-order valence-corrected chi connectivity index (χ4v) is 1.99. The van der Waals surface area contributed by atoms with Crippen molar-refractivity contribution in [3.63, 3.8) is 0 Å². The zero-order valence-corrected chi connectivity index (χ0v) is 9.88. The van der Waals surface area contributed by atoms with E-state index in [2.05, 4.69) is 0 Å². The molecule has 0 aliphatic carbocycles. The maximum atomic E-state index is 10.1. The van der Waals surface area contributed by atoms with Gasteiger partial charge in [0.2, 0.25) is 0 Å². The first-order valence-electron chi connectivity index (χ1n) is 6.08. The number of benzene rings is 1. The van der Waals surface area contributed by atoms with Gasteiger partial charge in [-0.25, -0.2) is 0 Å². The molecule has 1 aliphatic heterocycles. The molecule has 2 rings (SSSR count). The van der Waals surface area contributed by atoms with E-state index in [0.29, 0.717) is 18.8 Å². The van der Waals surface area contributed by atoms with Gasteiger partial charge >= 0.3 is 0 Å². The number of aliphatic hydroxyl groups excluding tert-OH is 1. The molecule has 1 aliphatic rings. The molecule has 0 spiro atoms. The number of aliphatic hydroxyl groups is 1. The van der Waals surface area contributed by atoms with E-state index in [0.717, 1.165) is 18.4 Å². The van der Waals surface area contributed by atoms with Crippen LogP contribution < -0.4 is 5.73 Å². The molecule has 0 amide bonds. The van der Waals surface area contributed by atoms with Crippen molar-refractivity contribution >= 4 is 0 Å². The van der Waals surface area contributed by atoms with E-state index in [4.69, 9.17) is 10.5 Å². The van der Waals surface area contributed by atoms with Crippen LogP contribution in [-0.2, 0) is 11.2 Å². The molecule has 3 N–H and O–H groups in total. The molecular formula is C14H19NO2. The number of nitrogens with two attached hydrogens (primary N) is 1. The summed E-state index contributed by atoms with van der Waals surface area (Å²) in [6.07, 6.45) is 3.88. The maximum absolute atomic E-state index is 10.1. The van der Waals surface area contributed by atoms with Crippen LogP contribution in [0.1, 0.15) is 18.4 Å². The van der Waals surface area contributed by atoms with Gasteiger partial charge in [0.25, 0.3) is 0 Å². The summed E-state index contributed by atoms with van der Waals surface area (Å²) in [6.45, 7) is 0.681. The number of allylic oxidation sites excluding steroid dienone is 1. The number of hydrogen-bond acceptors (Lipinski definition) is 3. The Hall–Kier alpha value is -1.32. The summed E-state index contributed by atoms with van der Waals surface area (Å²) in [5, 5.41) is 10.1. The standard InChI is InChI=1S/C14H19NO2/c15-12(10-11-6-2-1-3-7-11)14(16)13-8-4-5-9-17-13/h1-3,6-8,12,14,16H,4-5,9-10,15H2. The molecule has 1 aromatic carbocycles. The van der Waals surface area contributed by atoms with Gasteiger partial charge in [-0.1, -0.05) is 30.3 Å². The lowest BCUT2D eigenvalue weighted by Gasteiger charge is -2.24.